The Morgan fingerprint density at radius 3 is 2.50 bits per heavy atom. The standard InChI is InChI=1S/C21H35N/c1-4-14-6-8-18-17-7-5-15-13-16(22)9-11-21(15,3)19(17)10-12-20(14,18)2/h14-15,17-19,22H,4-13H2,1-3H3/t14-,15?,17-,18-,19-,20+,21-/m0/s1. The second-order valence-corrected chi connectivity index (χ2v) is 9.69. The molecule has 0 radical (unpaired) electrons. The highest BCUT2D eigenvalue weighted by Crippen LogP contribution is 2.67. The first-order valence-electron chi connectivity index (χ1n) is 10.1. The molecule has 1 unspecified atom stereocenters. The average Bonchev–Trinajstić information content (AvgIpc) is 2.84. The molecule has 0 aromatic carbocycles. The summed E-state index contributed by atoms with van der Waals surface area (Å²) in [5.41, 5.74) is 2.29. The smallest absolute Gasteiger partial charge is 0.00923 e. The van der Waals surface area contributed by atoms with Gasteiger partial charge in [-0.25, -0.2) is 0 Å². The lowest BCUT2D eigenvalue weighted by atomic mass is 9.44. The highest BCUT2D eigenvalue weighted by atomic mass is 14.6. The third-order valence-corrected chi connectivity index (χ3v) is 9.21. The largest absolute Gasteiger partial charge is 0.310 e. The molecule has 4 rings (SSSR count). The van der Waals surface area contributed by atoms with Crippen molar-refractivity contribution in [2.24, 2.45) is 40.4 Å². The van der Waals surface area contributed by atoms with Crippen LogP contribution < -0.4 is 0 Å². The van der Waals surface area contributed by atoms with Crippen LogP contribution in [0.1, 0.15) is 85.0 Å². The Kier molecular flexibility index (Phi) is 3.51. The topological polar surface area (TPSA) is 23.9 Å². The van der Waals surface area contributed by atoms with E-state index in [1.165, 1.54) is 51.4 Å². The van der Waals surface area contributed by atoms with Gasteiger partial charge in [0.25, 0.3) is 0 Å². The molecule has 0 saturated heterocycles. The van der Waals surface area contributed by atoms with Crippen molar-refractivity contribution >= 4 is 5.71 Å². The van der Waals surface area contributed by atoms with Gasteiger partial charge in [-0.05, 0) is 98.2 Å². The van der Waals surface area contributed by atoms with Crippen molar-refractivity contribution < 1.29 is 0 Å². The van der Waals surface area contributed by atoms with E-state index in [0.717, 1.165) is 48.1 Å². The second kappa shape index (κ2) is 5.08. The van der Waals surface area contributed by atoms with Gasteiger partial charge in [0.2, 0.25) is 0 Å². The van der Waals surface area contributed by atoms with Crippen molar-refractivity contribution in [3.05, 3.63) is 0 Å². The normalized spacial score (nSPS) is 54.5. The maximum Gasteiger partial charge on any atom is 0.00923 e. The lowest BCUT2D eigenvalue weighted by Crippen LogP contribution is -2.53. The van der Waals surface area contributed by atoms with Crippen LogP contribution in [0.4, 0.5) is 0 Å². The van der Waals surface area contributed by atoms with Crippen molar-refractivity contribution in [2.75, 3.05) is 0 Å². The van der Waals surface area contributed by atoms with Crippen LogP contribution in [0.25, 0.3) is 0 Å². The Labute approximate surface area is 137 Å². The van der Waals surface area contributed by atoms with Crippen LogP contribution >= 0.6 is 0 Å². The summed E-state index contributed by atoms with van der Waals surface area (Å²) < 4.78 is 0. The summed E-state index contributed by atoms with van der Waals surface area (Å²) in [4.78, 5) is 0. The van der Waals surface area contributed by atoms with E-state index in [1.54, 1.807) is 0 Å². The molecule has 1 N–H and O–H groups in total. The zero-order valence-corrected chi connectivity index (χ0v) is 15.0. The molecule has 0 heterocycles. The molecule has 1 heteroatoms. The van der Waals surface area contributed by atoms with Crippen LogP contribution in [-0.2, 0) is 0 Å². The number of hydrogen-bond donors (Lipinski definition) is 1. The van der Waals surface area contributed by atoms with Crippen LogP contribution in [0.15, 0.2) is 0 Å². The minimum absolute atomic E-state index is 0.569. The predicted octanol–water partition coefficient (Wildman–Crippen LogP) is 6.08. The average molecular weight is 302 g/mol. The molecule has 4 aliphatic rings. The monoisotopic (exact) mass is 301 g/mol. The van der Waals surface area contributed by atoms with Crippen molar-refractivity contribution in [1.82, 2.24) is 0 Å². The van der Waals surface area contributed by atoms with Gasteiger partial charge >= 0.3 is 0 Å². The van der Waals surface area contributed by atoms with E-state index in [9.17, 15) is 0 Å². The minimum atomic E-state index is 0.569. The molecule has 4 fully saturated rings. The number of fused-ring (bicyclic) bond motifs is 5. The van der Waals surface area contributed by atoms with Crippen molar-refractivity contribution in [2.45, 2.75) is 85.0 Å². The van der Waals surface area contributed by atoms with Gasteiger partial charge < -0.3 is 5.41 Å². The lowest BCUT2D eigenvalue weighted by molar-refractivity contribution is -0.101. The van der Waals surface area contributed by atoms with E-state index in [4.69, 9.17) is 5.41 Å². The quantitative estimate of drug-likeness (QED) is 0.607. The number of hydrogen-bond acceptors (Lipinski definition) is 1. The van der Waals surface area contributed by atoms with Gasteiger partial charge in [-0.15, -0.1) is 0 Å². The molecule has 0 spiro atoms. The Morgan fingerprint density at radius 2 is 1.73 bits per heavy atom. The van der Waals surface area contributed by atoms with Crippen molar-refractivity contribution in [1.29, 1.82) is 5.41 Å². The van der Waals surface area contributed by atoms with Gasteiger partial charge in [-0.1, -0.05) is 27.2 Å². The van der Waals surface area contributed by atoms with Gasteiger partial charge in [0.1, 0.15) is 0 Å². The van der Waals surface area contributed by atoms with E-state index in [-0.39, 0.29) is 0 Å². The predicted molar refractivity (Wildman–Crippen MR) is 93.2 cm³/mol. The van der Waals surface area contributed by atoms with Gasteiger partial charge in [0.05, 0.1) is 0 Å². The Bertz CT molecular complexity index is 469. The zero-order valence-electron chi connectivity index (χ0n) is 15.0. The van der Waals surface area contributed by atoms with Gasteiger partial charge in [-0.2, -0.15) is 0 Å². The van der Waals surface area contributed by atoms with Gasteiger partial charge in [0.15, 0.2) is 0 Å². The first-order chi connectivity index (χ1) is 10.5. The summed E-state index contributed by atoms with van der Waals surface area (Å²) >= 11 is 0. The molecule has 124 valence electrons. The van der Waals surface area contributed by atoms with Crippen molar-refractivity contribution in [3.8, 4) is 0 Å². The third kappa shape index (κ3) is 1.93. The summed E-state index contributed by atoms with van der Waals surface area (Å²) in [5.74, 6) is 4.86. The summed E-state index contributed by atoms with van der Waals surface area (Å²) in [6.07, 6.45) is 13.9. The van der Waals surface area contributed by atoms with Gasteiger partial charge in [0, 0.05) is 5.71 Å². The van der Waals surface area contributed by atoms with Crippen LogP contribution in [0.3, 0.4) is 0 Å². The molecule has 0 aromatic rings. The fraction of sp³-hybridized carbons (Fsp3) is 0.952. The Morgan fingerprint density at radius 1 is 0.955 bits per heavy atom. The molecule has 7 atom stereocenters. The van der Waals surface area contributed by atoms with E-state index in [1.807, 2.05) is 0 Å². The molecule has 4 saturated carbocycles. The molecule has 0 amide bonds. The number of nitrogens with one attached hydrogen (secondary N) is 1. The summed E-state index contributed by atoms with van der Waals surface area (Å²) in [6, 6.07) is 0. The molecule has 4 aliphatic carbocycles. The fourth-order valence-electron chi connectivity index (χ4n) is 7.86. The van der Waals surface area contributed by atoms with E-state index >= 15 is 0 Å². The van der Waals surface area contributed by atoms with E-state index in [0.29, 0.717) is 10.8 Å². The van der Waals surface area contributed by atoms with E-state index < -0.39 is 0 Å². The summed E-state index contributed by atoms with van der Waals surface area (Å²) in [5, 5.41) is 8.13. The maximum absolute atomic E-state index is 8.13. The Hall–Kier alpha value is -0.330. The molecule has 0 aliphatic heterocycles. The van der Waals surface area contributed by atoms with Crippen LogP contribution in [0.5, 0.6) is 0 Å². The SMILES string of the molecule is CC[C@H]1CC[C@H]2[C@@H]3CCC4CC(=N)CC[C@]4(C)[C@H]3CC[C@]12C. The molecule has 0 bridgehead atoms. The fourth-order valence-corrected chi connectivity index (χ4v) is 7.86. The first-order valence-corrected chi connectivity index (χ1v) is 10.1. The maximum atomic E-state index is 8.13. The molecular formula is C21H35N. The molecule has 0 aromatic heterocycles. The zero-order chi connectivity index (χ0) is 15.5. The summed E-state index contributed by atoms with van der Waals surface area (Å²) in [7, 11) is 0. The van der Waals surface area contributed by atoms with E-state index in [2.05, 4.69) is 20.8 Å². The summed E-state index contributed by atoms with van der Waals surface area (Å²) in [6.45, 7) is 7.70. The van der Waals surface area contributed by atoms with Crippen LogP contribution in [0, 0.1) is 45.8 Å². The number of rotatable bonds is 1. The van der Waals surface area contributed by atoms with Gasteiger partial charge in [-0.3, -0.25) is 0 Å². The highest BCUT2D eigenvalue weighted by molar-refractivity contribution is 5.82. The second-order valence-electron chi connectivity index (χ2n) is 9.69. The lowest BCUT2D eigenvalue weighted by Gasteiger charge is -2.60. The Balaban J connectivity index is 1.62. The molecule has 22 heavy (non-hydrogen) atoms. The molecule has 1 nitrogen and oxygen atoms in total. The van der Waals surface area contributed by atoms with Crippen LogP contribution in [0.2, 0.25) is 0 Å². The third-order valence-electron chi connectivity index (χ3n) is 9.21. The molecular weight excluding hydrogens is 266 g/mol. The highest BCUT2D eigenvalue weighted by Gasteiger charge is 2.59. The first kappa shape index (κ1) is 15.2. The minimum Gasteiger partial charge on any atom is -0.310 e. The van der Waals surface area contributed by atoms with Crippen molar-refractivity contribution in [3.63, 3.8) is 0 Å². The van der Waals surface area contributed by atoms with Crippen LogP contribution in [-0.4, -0.2) is 5.71 Å².